The number of ether oxygens (including phenoxy) is 2. The molecule has 1 amide bonds. The average molecular weight is 483 g/mol. The van der Waals surface area contributed by atoms with Gasteiger partial charge in [0, 0.05) is 12.7 Å². The second-order valence-electron chi connectivity index (χ2n) is 5.53. The molecule has 1 aliphatic heterocycles. The summed E-state index contributed by atoms with van der Waals surface area (Å²) >= 11 is 0. The summed E-state index contributed by atoms with van der Waals surface area (Å²) in [7, 11) is 0. The highest BCUT2D eigenvalue weighted by Gasteiger charge is 2.13. The van der Waals surface area contributed by atoms with Gasteiger partial charge in [0.15, 0.2) is 17.5 Å². The number of halogens is 1. The van der Waals surface area contributed by atoms with Crippen molar-refractivity contribution in [1.82, 2.24) is 15.6 Å². The molecule has 1 aromatic carbocycles. The van der Waals surface area contributed by atoms with Gasteiger partial charge in [0.2, 0.25) is 12.7 Å². The third kappa shape index (κ3) is 6.27. The summed E-state index contributed by atoms with van der Waals surface area (Å²) in [5, 5.41) is 8.89. The largest absolute Gasteiger partial charge is 0.454 e. The maximum atomic E-state index is 12.0. The van der Waals surface area contributed by atoms with Crippen molar-refractivity contribution in [3.05, 3.63) is 48.3 Å². The summed E-state index contributed by atoms with van der Waals surface area (Å²) in [6.07, 6.45) is 3.25. The number of carbonyl (C=O) groups excluding carboxylic acids is 1. The van der Waals surface area contributed by atoms with Crippen LogP contribution in [0.3, 0.4) is 0 Å². The van der Waals surface area contributed by atoms with Gasteiger partial charge in [-0.2, -0.15) is 0 Å². The first kappa shape index (κ1) is 20.7. The van der Waals surface area contributed by atoms with Crippen molar-refractivity contribution in [2.24, 2.45) is 4.99 Å². The molecule has 1 aromatic heterocycles. The van der Waals surface area contributed by atoms with Gasteiger partial charge in [-0.15, -0.1) is 24.0 Å². The third-order valence-corrected chi connectivity index (χ3v) is 3.56. The number of nitrogens with zero attached hydrogens (tertiary/aromatic N) is 2. The highest BCUT2D eigenvalue weighted by atomic mass is 127. The van der Waals surface area contributed by atoms with Gasteiger partial charge < -0.3 is 25.4 Å². The first-order valence-corrected chi connectivity index (χ1v) is 8.35. The van der Waals surface area contributed by atoms with Gasteiger partial charge in [-0.05, 0) is 36.8 Å². The van der Waals surface area contributed by atoms with Gasteiger partial charge >= 0.3 is 0 Å². The van der Waals surface area contributed by atoms with Crippen molar-refractivity contribution >= 4 is 41.5 Å². The molecule has 3 N–H and O–H groups in total. The van der Waals surface area contributed by atoms with Crippen LogP contribution in [-0.2, 0) is 11.3 Å². The van der Waals surface area contributed by atoms with E-state index >= 15 is 0 Å². The number of fused-ring (bicyclic) bond motifs is 1. The van der Waals surface area contributed by atoms with Crippen molar-refractivity contribution in [3.63, 3.8) is 0 Å². The molecular formula is C18H22IN5O3. The van der Waals surface area contributed by atoms with Gasteiger partial charge in [-0.3, -0.25) is 9.78 Å². The van der Waals surface area contributed by atoms with Crippen molar-refractivity contribution in [3.8, 4) is 11.5 Å². The normalized spacial score (nSPS) is 12.1. The summed E-state index contributed by atoms with van der Waals surface area (Å²) in [4.78, 5) is 20.5. The van der Waals surface area contributed by atoms with Crippen LogP contribution < -0.4 is 25.4 Å². The van der Waals surface area contributed by atoms with E-state index in [0.717, 1.165) is 17.1 Å². The number of nitrogens with one attached hydrogen (secondary N) is 3. The van der Waals surface area contributed by atoms with Crippen LogP contribution in [-0.4, -0.2) is 36.7 Å². The van der Waals surface area contributed by atoms with Crippen molar-refractivity contribution in [1.29, 1.82) is 0 Å². The van der Waals surface area contributed by atoms with Crippen LogP contribution in [0.2, 0.25) is 0 Å². The van der Waals surface area contributed by atoms with E-state index in [0.29, 0.717) is 24.7 Å². The fourth-order valence-corrected chi connectivity index (χ4v) is 2.36. The number of hydrogen-bond donors (Lipinski definition) is 3. The van der Waals surface area contributed by atoms with Gasteiger partial charge in [-0.25, -0.2) is 4.99 Å². The second-order valence-corrected chi connectivity index (χ2v) is 5.53. The second kappa shape index (κ2) is 10.6. The minimum Gasteiger partial charge on any atom is -0.454 e. The zero-order chi connectivity index (χ0) is 18.2. The van der Waals surface area contributed by atoms with Crippen LogP contribution in [0.5, 0.6) is 11.5 Å². The Bertz CT molecular complexity index is 786. The van der Waals surface area contributed by atoms with Crippen molar-refractivity contribution in [2.75, 3.05) is 25.2 Å². The summed E-state index contributed by atoms with van der Waals surface area (Å²) in [5.41, 5.74) is 1.65. The number of anilines is 1. The molecule has 2 aromatic rings. The number of aliphatic imine (C=N–C) groups is 1. The minimum absolute atomic E-state index is 0. The summed E-state index contributed by atoms with van der Waals surface area (Å²) in [5.74, 6) is 1.86. The molecule has 8 nitrogen and oxygen atoms in total. The van der Waals surface area contributed by atoms with E-state index in [1.807, 2.05) is 25.1 Å². The van der Waals surface area contributed by atoms with Gasteiger partial charge in [0.05, 0.1) is 25.0 Å². The molecule has 1 aliphatic rings. The molecule has 27 heavy (non-hydrogen) atoms. The van der Waals surface area contributed by atoms with E-state index in [1.54, 1.807) is 24.5 Å². The maximum absolute atomic E-state index is 12.0. The predicted molar refractivity (Wildman–Crippen MR) is 114 cm³/mol. The lowest BCUT2D eigenvalue weighted by atomic mass is 10.2. The zero-order valence-electron chi connectivity index (χ0n) is 14.9. The SMILES string of the molecule is CCNC(=NCc1ccc2c(c1)OCO2)NCC(=O)Nc1cccnc1.I. The third-order valence-electron chi connectivity index (χ3n) is 3.56. The Morgan fingerprint density at radius 2 is 2.07 bits per heavy atom. The molecule has 0 aliphatic carbocycles. The zero-order valence-corrected chi connectivity index (χ0v) is 17.2. The highest BCUT2D eigenvalue weighted by Crippen LogP contribution is 2.32. The fourth-order valence-electron chi connectivity index (χ4n) is 2.36. The number of rotatable bonds is 6. The average Bonchev–Trinajstić information content (AvgIpc) is 3.12. The fraction of sp³-hybridized carbons (Fsp3) is 0.278. The predicted octanol–water partition coefficient (Wildman–Crippen LogP) is 2.12. The van der Waals surface area contributed by atoms with E-state index < -0.39 is 0 Å². The molecule has 0 atom stereocenters. The number of guanidine groups is 1. The summed E-state index contributed by atoms with van der Waals surface area (Å²) < 4.78 is 10.7. The molecule has 0 fully saturated rings. The first-order chi connectivity index (χ1) is 12.7. The number of aromatic nitrogens is 1. The smallest absolute Gasteiger partial charge is 0.243 e. The Kier molecular flexibility index (Phi) is 8.11. The standard InChI is InChI=1S/C18H21N5O3.HI/c1-2-20-18(22-11-17(24)23-14-4-3-7-19-10-14)21-9-13-5-6-15-16(8-13)26-12-25-15;/h3-8,10H,2,9,11-12H2,1H3,(H,23,24)(H2,20,21,22);1H. The van der Waals surface area contributed by atoms with E-state index in [9.17, 15) is 4.79 Å². The van der Waals surface area contributed by atoms with E-state index in [1.165, 1.54) is 0 Å². The number of carbonyl (C=O) groups is 1. The lowest BCUT2D eigenvalue weighted by Crippen LogP contribution is -2.41. The topological polar surface area (TPSA) is 96.9 Å². The van der Waals surface area contributed by atoms with Crippen LogP contribution in [0, 0.1) is 0 Å². The van der Waals surface area contributed by atoms with Gasteiger partial charge in [0.1, 0.15) is 0 Å². The van der Waals surface area contributed by atoms with Crippen molar-refractivity contribution < 1.29 is 14.3 Å². The molecule has 0 bridgehead atoms. The monoisotopic (exact) mass is 483 g/mol. The van der Waals surface area contributed by atoms with E-state index in [-0.39, 0.29) is 43.2 Å². The summed E-state index contributed by atoms with van der Waals surface area (Å²) in [6.45, 7) is 3.46. The molecule has 144 valence electrons. The van der Waals surface area contributed by atoms with Crippen LogP contribution in [0.15, 0.2) is 47.7 Å². The Morgan fingerprint density at radius 1 is 1.22 bits per heavy atom. The van der Waals surface area contributed by atoms with Crippen LogP contribution in [0.25, 0.3) is 0 Å². The van der Waals surface area contributed by atoms with Crippen LogP contribution in [0.1, 0.15) is 12.5 Å². The molecule has 0 radical (unpaired) electrons. The molecule has 3 rings (SSSR count). The molecule has 2 heterocycles. The number of benzene rings is 1. The molecule has 0 spiro atoms. The molecule has 0 saturated heterocycles. The quantitative estimate of drug-likeness (QED) is 0.331. The van der Waals surface area contributed by atoms with E-state index in [2.05, 4.69) is 25.9 Å². The van der Waals surface area contributed by atoms with Crippen LogP contribution in [0.4, 0.5) is 5.69 Å². The Morgan fingerprint density at radius 3 is 2.85 bits per heavy atom. The highest BCUT2D eigenvalue weighted by molar-refractivity contribution is 14.0. The van der Waals surface area contributed by atoms with Gasteiger partial charge in [0.25, 0.3) is 0 Å². The summed E-state index contributed by atoms with van der Waals surface area (Å²) in [6, 6.07) is 9.26. The lowest BCUT2D eigenvalue weighted by Gasteiger charge is -2.11. The number of amides is 1. The minimum atomic E-state index is -0.174. The molecule has 0 unspecified atom stereocenters. The number of pyridine rings is 1. The lowest BCUT2D eigenvalue weighted by molar-refractivity contribution is -0.115. The Balaban J connectivity index is 0.00000261. The molecule has 0 saturated carbocycles. The maximum Gasteiger partial charge on any atom is 0.243 e. The number of hydrogen-bond acceptors (Lipinski definition) is 5. The van der Waals surface area contributed by atoms with Crippen molar-refractivity contribution in [2.45, 2.75) is 13.5 Å². The molecule has 9 heteroatoms. The van der Waals surface area contributed by atoms with Gasteiger partial charge in [-0.1, -0.05) is 6.07 Å². The Labute approximate surface area is 174 Å². The molecular weight excluding hydrogens is 461 g/mol. The first-order valence-electron chi connectivity index (χ1n) is 8.35. The Hall–Kier alpha value is -2.56. The van der Waals surface area contributed by atoms with E-state index in [4.69, 9.17) is 9.47 Å². The van der Waals surface area contributed by atoms with Crippen LogP contribution >= 0.6 is 24.0 Å².